The summed E-state index contributed by atoms with van der Waals surface area (Å²) in [5, 5.41) is 8.66. The average Bonchev–Trinajstić information content (AvgIpc) is 2.81. The topological polar surface area (TPSA) is 59.5 Å². The van der Waals surface area contributed by atoms with Gasteiger partial charge in [0.25, 0.3) is 0 Å². The molecule has 2 aromatic rings. The highest BCUT2D eigenvalue weighted by molar-refractivity contribution is 5.51. The molecule has 0 amide bonds. The van der Waals surface area contributed by atoms with Gasteiger partial charge in [-0.15, -0.1) is 10.2 Å². The first kappa shape index (κ1) is 12.4. The normalized spacial score (nSPS) is 21.3. The van der Waals surface area contributed by atoms with Crippen molar-refractivity contribution in [2.75, 3.05) is 12.3 Å². The quantitative estimate of drug-likeness (QED) is 0.898. The summed E-state index contributed by atoms with van der Waals surface area (Å²) in [7, 11) is 0. The largest absolute Gasteiger partial charge is 0.399 e. The molecule has 1 unspecified atom stereocenters. The van der Waals surface area contributed by atoms with Crippen molar-refractivity contribution >= 4 is 11.3 Å². The minimum atomic E-state index is 0.368. The number of likely N-dealkylation sites (tertiary alicyclic amines) is 1. The van der Waals surface area contributed by atoms with Gasteiger partial charge in [0.15, 0.2) is 11.5 Å². The van der Waals surface area contributed by atoms with Gasteiger partial charge in [0.1, 0.15) is 0 Å². The van der Waals surface area contributed by atoms with Crippen LogP contribution in [0, 0.1) is 0 Å². The van der Waals surface area contributed by atoms with E-state index in [1.807, 2.05) is 18.3 Å². The summed E-state index contributed by atoms with van der Waals surface area (Å²) in [6.07, 6.45) is 5.67. The number of fused-ring (bicyclic) bond motifs is 1. The number of piperidine rings is 1. The van der Waals surface area contributed by atoms with Crippen LogP contribution < -0.4 is 5.73 Å². The molecule has 1 aliphatic heterocycles. The average molecular weight is 259 g/mol. The van der Waals surface area contributed by atoms with Gasteiger partial charge in [0, 0.05) is 24.0 Å². The molecule has 102 valence electrons. The summed E-state index contributed by atoms with van der Waals surface area (Å²) in [6.45, 7) is 5.64. The Balaban J connectivity index is 2.02. The number of nitrogens with zero attached hydrogens (tertiary/aromatic N) is 4. The van der Waals surface area contributed by atoms with Crippen LogP contribution in [0.1, 0.15) is 45.0 Å². The Bertz CT molecular complexity index is 574. The van der Waals surface area contributed by atoms with Gasteiger partial charge in [-0.3, -0.25) is 9.30 Å². The second kappa shape index (κ2) is 4.81. The first-order valence-electron chi connectivity index (χ1n) is 7.02. The Morgan fingerprint density at radius 3 is 2.95 bits per heavy atom. The van der Waals surface area contributed by atoms with Crippen LogP contribution in [0.15, 0.2) is 18.3 Å². The third-order valence-electron chi connectivity index (χ3n) is 3.97. The zero-order valence-electron chi connectivity index (χ0n) is 11.6. The number of aromatic nitrogens is 3. The monoisotopic (exact) mass is 259 g/mol. The molecule has 3 heterocycles. The Morgan fingerprint density at radius 1 is 1.32 bits per heavy atom. The van der Waals surface area contributed by atoms with E-state index in [4.69, 9.17) is 5.73 Å². The molecule has 0 radical (unpaired) electrons. The number of hydrogen-bond acceptors (Lipinski definition) is 4. The van der Waals surface area contributed by atoms with Crippen molar-refractivity contribution in [2.24, 2.45) is 0 Å². The smallest absolute Gasteiger partial charge is 0.162 e. The predicted octanol–water partition coefficient (Wildman–Crippen LogP) is 2.25. The summed E-state index contributed by atoms with van der Waals surface area (Å²) in [4.78, 5) is 2.52. The van der Waals surface area contributed by atoms with Crippen LogP contribution in [-0.2, 0) is 0 Å². The van der Waals surface area contributed by atoms with Gasteiger partial charge in [-0.05, 0) is 39.3 Å². The standard InChI is InChI=1S/C14H21N5/c1-10(2)18-7-4-3-5-12(18)14-17-16-13-9-11(15)6-8-19(13)14/h6,8-10,12H,3-5,7,15H2,1-2H3. The lowest BCUT2D eigenvalue weighted by Crippen LogP contribution is -2.39. The zero-order valence-corrected chi connectivity index (χ0v) is 11.6. The number of pyridine rings is 1. The number of rotatable bonds is 2. The minimum absolute atomic E-state index is 0.368. The van der Waals surface area contributed by atoms with Gasteiger partial charge in [-0.25, -0.2) is 0 Å². The van der Waals surface area contributed by atoms with E-state index in [0.29, 0.717) is 12.1 Å². The number of anilines is 1. The van der Waals surface area contributed by atoms with Gasteiger partial charge in [0.05, 0.1) is 6.04 Å². The van der Waals surface area contributed by atoms with Crippen LogP contribution in [0.5, 0.6) is 0 Å². The van der Waals surface area contributed by atoms with Gasteiger partial charge in [0.2, 0.25) is 0 Å². The second-order valence-corrected chi connectivity index (χ2v) is 5.59. The first-order chi connectivity index (χ1) is 9.16. The van der Waals surface area contributed by atoms with E-state index < -0.39 is 0 Å². The third kappa shape index (κ3) is 2.18. The molecular weight excluding hydrogens is 238 g/mol. The van der Waals surface area contributed by atoms with Crippen molar-refractivity contribution in [2.45, 2.75) is 45.2 Å². The summed E-state index contributed by atoms with van der Waals surface area (Å²) < 4.78 is 2.07. The lowest BCUT2D eigenvalue weighted by atomic mass is 10.00. The number of nitrogens with two attached hydrogens (primary N) is 1. The molecule has 2 N–H and O–H groups in total. The summed E-state index contributed by atoms with van der Waals surface area (Å²) in [5.41, 5.74) is 7.37. The maximum absolute atomic E-state index is 5.80. The molecule has 0 saturated carbocycles. The molecule has 5 heteroatoms. The first-order valence-corrected chi connectivity index (χ1v) is 7.02. The van der Waals surface area contributed by atoms with E-state index >= 15 is 0 Å². The van der Waals surface area contributed by atoms with Gasteiger partial charge >= 0.3 is 0 Å². The van der Waals surface area contributed by atoms with Crippen LogP contribution >= 0.6 is 0 Å². The van der Waals surface area contributed by atoms with E-state index in [2.05, 4.69) is 33.3 Å². The molecule has 1 aliphatic rings. The highest BCUT2D eigenvalue weighted by atomic mass is 15.3. The van der Waals surface area contributed by atoms with Crippen LogP contribution in [0.4, 0.5) is 5.69 Å². The lowest BCUT2D eigenvalue weighted by molar-refractivity contribution is 0.105. The number of hydrogen-bond donors (Lipinski definition) is 1. The summed E-state index contributed by atoms with van der Waals surface area (Å²) >= 11 is 0. The number of nitrogen functional groups attached to an aromatic ring is 1. The molecule has 0 bridgehead atoms. The van der Waals surface area contributed by atoms with Gasteiger partial charge in [-0.1, -0.05) is 6.42 Å². The van der Waals surface area contributed by atoms with Crippen LogP contribution in [0.25, 0.3) is 5.65 Å². The van der Waals surface area contributed by atoms with E-state index in [9.17, 15) is 0 Å². The molecule has 3 rings (SSSR count). The zero-order chi connectivity index (χ0) is 13.4. The van der Waals surface area contributed by atoms with E-state index in [1.165, 1.54) is 12.8 Å². The van der Waals surface area contributed by atoms with Crippen molar-refractivity contribution in [1.82, 2.24) is 19.5 Å². The fourth-order valence-corrected chi connectivity index (χ4v) is 3.00. The van der Waals surface area contributed by atoms with Crippen molar-refractivity contribution < 1.29 is 0 Å². The molecule has 2 aromatic heterocycles. The van der Waals surface area contributed by atoms with Crippen molar-refractivity contribution in [3.8, 4) is 0 Å². The Morgan fingerprint density at radius 2 is 2.16 bits per heavy atom. The molecule has 1 fully saturated rings. The van der Waals surface area contributed by atoms with E-state index in [1.54, 1.807) is 0 Å². The Kier molecular flexibility index (Phi) is 3.14. The highest BCUT2D eigenvalue weighted by Crippen LogP contribution is 2.31. The minimum Gasteiger partial charge on any atom is -0.399 e. The van der Waals surface area contributed by atoms with Crippen molar-refractivity contribution in [3.63, 3.8) is 0 Å². The third-order valence-corrected chi connectivity index (χ3v) is 3.97. The summed E-state index contributed by atoms with van der Waals surface area (Å²) in [5.74, 6) is 1.04. The van der Waals surface area contributed by atoms with Gasteiger partial charge < -0.3 is 5.73 Å². The summed E-state index contributed by atoms with van der Waals surface area (Å²) in [6, 6.07) is 4.68. The lowest BCUT2D eigenvalue weighted by Gasteiger charge is -2.37. The second-order valence-electron chi connectivity index (χ2n) is 5.59. The van der Waals surface area contributed by atoms with Crippen LogP contribution in [-0.4, -0.2) is 32.1 Å². The van der Waals surface area contributed by atoms with E-state index in [-0.39, 0.29) is 0 Å². The maximum atomic E-state index is 5.80. The van der Waals surface area contributed by atoms with Crippen LogP contribution in [0.3, 0.4) is 0 Å². The fraction of sp³-hybridized carbons (Fsp3) is 0.571. The fourth-order valence-electron chi connectivity index (χ4n) is 3.00. The highest BCUT2D eigenvalue weighted by Gasteiger charge is 2.29. The van der Waals surface area contributed by atoms with Crippen molar-refractivity contribution in [3.05, 3.63) is 24.2 Å². The molecular formula is C14H21N5. The molecule has 0 aromatic carbocycles. The molecule has 5 nitrogen and oxygen atoms in total. The predicted molar refractivity (Wildman–Crippen MR) is 75.8 cm³/mol. The van der Waals surface area contributed by atoms with Crippen molar-refractivity contribution in [1.29, 1.82) is 0 Å². The molecule has 1 atom stereocenters. The van der Waals surface area contributed by atoms with Gasteiger partial charge in [-0.2, -0.15) is 0 Å². The maximum Gasteiger partial charge on any atom is 0.162 e. The Labute approximate surface area is 113 Å². The SMILES string of the molecule is CC(C)N1CCCCC1c1nnc2cc(N)ccn12. The van der Waals surface area contributed by atoms with Crippen LogP contribution in [0.2, 0.25) is 0 Å². The van der Waals surface area contributed by atoms with E-state index in [0.717, 1.165) is 30.1 Å². The molecule has 1 saturated heterocycles. The molecule has 0 aliphatic carbocycles. The molecule has 19 heavy (non-hydrogen) atoms. The Hall–Kier alpha value is -1.62. The molecule has 0 spiro atoms.